The van der Waals surface area contributed by atoms with Crippen LogP contribution in [0.2, 0.25) is 0 Å². The van der Waals surface area contributed by atoms with Crippen LogP contribution in [-0.2, 0) is 6.54 Å². The van der Waals surface area contributed by atoms with Crippen LogP contribution in [-0.4, -0.2) is 34.1 Å². The average Bonchev–Trinajstić information content (AvgIpc) is 2.93. The molecule has 0 unspecified atom stereocenters. The lowest BCUT2D eigenvalue weighted by atomic mass is 10.2. The molecule has 0 bridgehead atoms. The summed E-state index contributed by atoms with van der Waals surface area (Å²) in [4.78, 5) is 19.9. The highest BCUT2D eigenvalue weighted by atomic mass is 16.6. The van der Waals surface area contributed by atoms with E-state index in [1.54, 1.807) is 25.1 Å². The Hall–Kier alpha value is -3.22. The number of nitro groups is 1. The van der Waals surface area contributed by atoms with E-state index >= 15 is 0 Å². The highest BCUT2D eigenvalue weighted by Crippen LogP contribution is 2.25. The quantitative estimate of drug-likeness (QED) is 0.629. The fourth-order valence-corrected chi connectivity index (χ4v) is 1.52. The van der Waals surface area contributed by atoms with Gasteiger partial charge in [0.25, 0.3) is 5.95 Å². The van der Waals surface area contributed by atoms with Gasteiger partial charge in [0.2, 0.25) is 11.7 Å². The molecule has 0 aliphatic carbocycles. The van der Waals surface area contributed by atoms with Gasteiger partial charge in [-0.1, -0.05) is 0 Å². The second-order valence-corrected chi connectivity index (χ2v) is 4.16. The molecule has 0 atom stereocenters. The van der Waals surface area contributed by atoms with Crippen molar-refractivity contribution in [3.8, 4) is 6.07 Å². The predicted octanol–water partition coefficient (Wildman–Crippen LogP) is 0.923. The van der Waals surface area contributed by atoms with Gasteiger partial charge in [-0.05, 0) is 11.2 Å². The third-order valence-electron chi connectivity index (χ3n) is 2.49. The molecule has 1 N–H and O–H groups in total. The van der Waals surface area contributed by atoms with Crippen molar-refractivity contribution < 1.29 is 9.45 Å². The van der Waals surface area contributed by atoms with Crippen molar-refractivity contribution in [3.63, 3.8) is 0 Å². The topological polar surface area (TPSA) is 134 Å². The van der Waals surface area contributed by atoms with E-state index in [4.69, 9.17) is 9.78 Å². The van der Waals surface area contributed by atoms with Crippen molar-refractivity contribution in [3.05, 3.63) is 33.8 Å². The summed E-state index contributed by atoms with van der Waals surface area (Å²) in [6.07, 6.45) is 1.31. The summed E-state index contributed by atoms with van der Waals surface area (Å²) < 4.78 is 4.98. The van der Waals surface area contributed by atoms with Gasteiger partial charge in [-0.2, -0.15) is 10.2 Å². The Balaban J connectivity index is 2.20. The van der Waals surface area contributed by atoms with E-state index in [2.05, 4.69) is 20.4 Å². The molecule has 2 heterocycles. The van der Waals surface area contributed by atoms with Crippen molar-refractivity contribution in [2.24, 2.45) is 0 Å². The number of nitriles is 1. The summed E-state index contributed by atoms with van der Waals surface area (Å²) in [6, 6.07) is 3.03. The Morgan fingerprint density at radius 3 is 2.90 bits per heavy atom. The van der Waals surface area contributed by atoms with Crippen molar-refractivity contribution in [2.45, 2.75) is 6.54 Å². The van der Waals surface area contributed by atoms with Crippen LogP contribution in [0.25, 0.3) is 0 Å². The molecule has 0 aromatic carbocycles. The van der Waals surface area contributed by atoms with Gasteiger partial charge in [-0.15, -0.1) is 0 Å². The number of hydrogen-bond acceptors (Lipinski definition) is 9. The first-order valence-corrected chi connectivity index (χ1v) is 5.80. The number of nitrogens with one attached hydrogen (secondary N) is 1. The molecule has 2 aromatic heterocycles. The van der Waals surface area contributed by atoms with Crippen LogP contribution in [0.3, 0.4) is 0 Å². The maximum atomic E-state index is 11.0. The number of rotatable bonds is 5. The van der Waals surface area contributed by atoms with Crippen LogP contribution in [0, 0.1) is 21.4 Å². The third-order valence-corrected chi connectivity index (χ3v) is 2.49. The molecule has 0 aliphatic rings. The van der Waals surface area contributed by atoms with E-state index in [9.17, 15) is 10.1 Å². The zero-order chi connectivity index (χ0) is 15.4. The average molecular weight is 289 g/mol. The van der Waals surface area contributed by atoms with E-state index in [1.807, 2.05) is 0 Å². The van der Waals surface area contributed by atoms with Gasteiger partial charge in [0.1, 0.15) is 11.6 Å². The monoisotopic (exact) mass is 289 g/mol. The van der Waals surface area contributed by atoms with Gasteiger partial charge in [-0.25, -0.2) is 4.98 Å². The standard InChI is InChI=1S/C11H11N7O3/c1-17(2)11-15-8(21-16-11)6-14-10-9(18(19)20)7(5-12)3-4-13-10/h3-4H,6H2,1-2H3,(H,13,14). The molecule has 10 heteroatoms. The van der Waals surface area contributed by atoms with Gasteiger partial charge >= 0.3 is 5.69 Å². The van der Waals surface area contributed by atoms with Gasteiger partial charge in [0, 0.05) is 20.3 Å². The molecule has 2 rings (SSSR count). The number of anilines is 2. The number of aromatic nitrogens is 3. The lowest BCUT2D eigenvalue weighted by molar-refractivity contribution is -0.384. The molecular formula is C11H11N7O3. The Kier molecular flexibility index (Phi) is 3.94. The lowest BCUT2D eigenvalue weighted by Gasteiger charge is -2.04. The number of hydrogen-bond donors (Lipinski definition) is 1. The molecule has 0 fully saturated rings. The van der Waals surface area contributed by atoms with E-state index in [0.29, 0.717) is 5.95 Å². The predicted molar refractivity (Wildman–Crippen MR) is 71.6 cm³/mol. The summed E-state index contributed by atoms with van der Waals surface area (Å²) in [6.45, 7) is 0.0591. The van der Waals surface area contributed by atoms with Gasteiger partial charge in [0.05, 0.1) is 11.5 Å². The minimum absolute atomic E-state index is 0.0244. The Bertz CT molecular complexity index is 704. The Morgan fingerprint density at radius 2 is 2.33 bits per heavy atom. The van der Waals surface area contributed by atoms with Crippen LogP contribution in [0.1, 0.15) is 11.5 Å². The zero-order valence-electron chi connectivity index (χ0n) is 11.3. The van der Waals surface area contributed by atoms with Crippen LogP contribution < -0.4 is 10.2 Å². The first-order chi connectivity index (χ1) is 10.0. The Labute approximate surface area is 119 Å². The lowest BCUT2D eigenvalue weighted by Crippen LogP contribution is -2.10. The zero-order valence-corrected chi connectivity index (χ0v) is 11.3. The van der Waals surface area contributed by atoms with Gasteiger partial charge in [-0.3, -0.25) is 10.1 Å². The minimum Gasteiger partial charge on any atom is -0.355 e. The van der Waals surface area contributed by atoms with Gasteiger partial charge in [0.15, 0.2) is 0 Å². The molecule has 21 heavy (non-hydrogen) atoms. The van der Waals surface area contributed by atoms with Crippen LogP contribution in [0.15, 0.2) is 16.8 Å². The Morgan fingerprint density at radius 1 is 1.57 bits per heavy atom. The summed E-state index contributed by atoms with van der Waals surface area (Å²) in [5.74, 6) is 0.612. The van der Waals surface area contributed by atoms with Crippen molar-refractivity contribution in [1.82, 2.24) is 15.1 Å². The van der Waals surface area contributed by atoms with Crippen LogP contribution in [0.5, 0.6) is 0 Å². The fourth-order valence-electron chi connectivity index (χ4n) is 1.52. The maximum absolute atomic E-state index is 11.0. The second-order valence-electron chi connectivity index (χ2n) is 4.16. The van der Waals surface area contributed by atoms with Crippen molar-refractivity contribution in [1.29, 1.82) is 5.26 Å². The molecular weight excluding hydrogens is 278 g/mol. The van der Waals surface area contributed by atoms with E-state index in [0.717, 1.165) is 0 Å². The van der Waals surface area contributed by atoms with Crippen molar-refractivity contribution >= 4 is 17.5 Å². The van der Waals surface area contributed by atoms with Crippen molar-refractivity contribution in [2.75, 3.05) is 24.3 Å². The minimum atomic E-state index is -0.660. The normalized spacial score (nSPS) is 9.95. The van der Waals surface area contributed by atoms with E-state index < -0.39 is 4.92 Å². The number of nitrogens with zero attached hydrogens (tertiary/aromatic N) is 6. The first-order valence-electron chi connectivity index (χ1n) is 5.80. The maximum Gasteiger partial charge on any atom is 0.328 e. The van der Waals surface area contributed by atoms with Crippen LogP contribution in [0.4, 0.5) is 17.5 Å². The summed E-state index contributed by atoms with van der Waals surface area (Å²) in [5, 5.41) is 26.3. The third kappa shape index (κ3) is 3.03. The largest absolute Gasteiger partial charge is 0.355 e. The summed E-state index contributed by atoms with van der Waals surface area (Å²) in [7, 11) is 3.51. The molecule has 0 amide bonds. The molecule has 0 spiro atoms. The van der Waals surface area contributed by atoms with E-state index in [-0.39, 0.29) is 29.5 Å². The van der Waals surface area contributed by atoms with E-state index in [1.165, 1.54) is 12.3 Å². The SMILES string of the molecule is CN(C)c1noc(CNc2nccc(C#N)c2[N+](=O)[O-])n1. The molecule has 2 aromatic rings. The molecule has 108 valence electrons. The highest BCUT2D eigenvalue weighted by molar-refractivity contribution is 5.63. The summed E-state index contributed by atoms with van der Waals surface area (Å²) in [5.41, 5.74) is -0.454. The molecule has 0 saturated heterocycles. The highest BCUT2D eigenvalue weighted by Gasteiger charge is 2.21. The smallest absolute Gasteiger partial charge is 0.328 e. The summed E-state index contributed by atoms with van der Waals surface area (Å²) >= 11 is 0. The molecule has 0 saturated carbocycles. The number of pyridine rings is 1. The molecule has 0 aliphatic heterocycles. The second kappa shape index (κ2) is 5.83. The fraction of sp³-hybridized carbons (Fsp3) is 0.273. The molecule has 10 nitrogen and oxygen atoms in total. The van der Waals surface area contributed by atoms with Gasteiger partial charge < -0.3 is 14.7 Å². The van der Waals surface area contributed by atoms with Crippen LogP contribution >= 0.6 is 0 Å². The first kappa shape index (κ1) is 14.2. The molecule has 0 radical (unpaired) electrons.